The van der Waals surface area contributed by atoms with Crippen LogP contribution in [0.5, 0.6) is 0 Å². The largest absolute Gasteiger partial charge is 0.435 e. The lowest BCUT2D eigenvalue weighted by Gasteiger charge is -2.29. The number of allylic oxidation sites excluding steroid dienone is 1. The van der Waals surface area contributed by atoms with E-state index in [1.165, 1.54) is 24.3 Å². The van der Waals surface area contributed by atoms with Gasteiger partial charge in [0.1, 0.15) is 0 Å². The molecule has 0 saturated heterocycles. The maximum absolute atomic E-state index is 13.8. The standard InChI is InChI=1S/C18H13Cl2F3N2O/c19-13-7-12(8-14(20)9-13)17(18(21,22)23)10-16(25-26-17)6-3-11-1-4-15(24)5-2-11/h1-9H,10,24H2/b6-3-. The highest BCUT2D eigenvalue weighted by Crippen LogP contribution is 2.49. The van der Waals surface area contributed by atoms with Crippen LogP contribution in [0, 0.1) is 0 Å². The molecule has 0 bridgehead atoms. The molecule has 0 aromatic heterocycles. The highest BCUT2D eigenvalue weighted by molar-refractivity contribution is 6.34. The third kappa shape index (κ3) is 3.66. The van der Waals surface area contributed by atoms with E-state index in [1.54, 1.807) is 30.3 Å². The minimum atomic E-state index is -4.71. The summed E-state index contributed by atoms with van der Waals surface area (Å²) >= 11 is 11.7. The molecule has 8 heteroatoms. The van der Waals surface area contributed by atoms with Crippen molar-refractivity contribution in [2.75, 3.05) is 5.73 Å². The number of nitrogen functional groups attached to an aromatic ring is 1. The van der Waals surface area contributed by atoms with Crippen molar-refractivity contribution in [1.82, 2.24) is 0 Å². The molecular formula is C18H13Cl2F3N2O. The van der Waals surface area contributed by atoms with E-state index in [0.717, 1.165) is 5.56 Å². The minimum Gasteiger partial charge on any atom is -0.399 e. The maximum Gasteiger partial charge on any atom is 0.435 e. The van der Waals surface area contributed by atoms with Crippen molar-refractivity contribution < 1.29 is 18.0 Å². The fourth-order valence-corrected chi connectivity index (χ4v) is 3.13. The zero-order valence-corrected chi connectivity index (χ0v) is 14.7. The van der Waals surface area contributed by atoms with Crippen LogP contribution >= 0.6 is 23.2 Å². The molecule has 1 heterocycles. The first kappa shape index (κ1) is 18.6. The predicted molar refractivity (Wildman–Crippen MR) is 97.2 cm³/mol. The van der Waals surface area contributed by atoms with E-state index in [4.69, 9.17) is 33.8 Å². The van der Waals surface area contributed by atoms with Gasteiger partial charge in [0, 0.05) is 27.7 Å². The van der Waals surface area contributed by atoms with Crippen LogP contribution in [0.1, 0.15) is 17.5 Å². The highest BCUT2D eigenvalue weighted by Gasteiger charge is 2.62. The molecular weight excluding hydrogens is 388 g/mol. The summed E-state index contributed by atoms with van der Waals surface area (Å²) in [6.45, 7) is 0. The third-order valence-corrected chi connectivity index (χ3v) is 4.38. The average Bonchev–Trinajstić information content (AvgIpc) is 2.99. The van der Waals surface area contributed by atoms with E-state index in [2.05, 4.69) is 5.16 Å². The third-order valence-electron chi connectivity index (χ3n) is 3.94. The Morgan fingerprint density at radius 2 is 1.65 bits per heavy atom. The van der Waals surface area contributed by atoms with Crippen molar-refractivity contribution in [2.24, 2.45) is 5.16 Å². The Labute approximate surface area is 157 Å². The molecule has 1 aliphatic heterocycles. The summed E-state index contributed by atoms with van der Waals surface area (Å²) in [7, 11) is 0. The molecule has 26 heavy (non-hydrogen) atoms. The van der Waals surface area contributed by atoms with Gasteiger partial charge in [0.25, 0.3) is 5.60 Å². The second kappa shape index (κ2) is 6.85. The van der Waals surface area contributed by atoms with Gasteiger partial charge in [0.2, 0.25) is 0 Å². The van der Waals surface area contributed by atoms with E-state index in [-0.39, 0.29) is 21.3 Å². The Morgan fingerprint density at radius 1 is 1.04 bits per heavy atom. The van der Waals surface area contributed by atoms with Crippen molar-refractivity contribution in [1.29, 1.82) is 0 Å². The van der Waals surface area contributed by atoms with Crippen molar-refractivity contribution >= 4 is 40.7 Å². The van der Waals surface area contributed by atoms with Crippen LogP contribution in [-0.2, 0) is 10.4 Å². The van der Waals surface area contributed by atoms with Crippen molar-refractivity contribution in [3.8, 4) is 0 Å². The number of anilines is 1. The van der Waals surface area contributed by atoms with Gasteiger partial charge in [-0.1, -0.05) is 46.6 Å². The monoisotopic (exact) mass is 400 g/mol. The number of nitrogens with zero attached hydrogens (tertiary/aromatic N) is 1. The van der Waals surface area contributed by atoms with Crippen molar-refractivity contribution in [3.63, 3.8) is 0 Å². The van der Waals surface area contributed by atoms with Crippen LogP contribution in [0.2, 0.25) is 10.0 Å². The topological polar surface area (TPSA) is 47.6 Å². The molecule has 0 saturated carbocycles. The molecule has 0 aliphatic carbocycles. The second-order valence-electron chi connectivity index (χ2n) is 5.83. The molecule has 0 fully saturated rings. The number of halogens is 5. The number of benzene rings is 2. The van der Waals surface area contributed by atoms with E-state index in [0.29, 0.717) is 5.69 Å². The van der Waals surface area contributed by atoms with Gasteiger partial charge in [0.15, 0.2) is 0 Å². The van der Waals surface area contributed by atoms with Gasteiger partial charge >= 0.3 is 6.18 Å². The fourth-order valence-electron chi connectivity index (χ4n) is 2.60. The minimum absolute atomic E-state index is 0.0885. The van der Waals surface area contributed by atoms with Crippen LogP contribution in [-0.4, -0.2) is 11.9 Å². The Bertz CT molecular complexity index is 859. The van der Waals surface area contributed by atoms with Crippen LogP contribution < -0.4 is 5.73 Å². The lowest BCUT2D eigenvalue weighted by molar-refractivity contribution is -0.275. The first-order chi connectivity index (χ1) is 12.2. The maximum atomic E-state index is 13.8. The van der Waals surface area contributed by atoms with Crippen molar-refractivity contribution in [2.45, 2.75) is 18.2 Å². The normalized spacial score (nSPS) is 20.3. The summed E-state index contributed by atoms with van der Waals surface area (Å²) in [5.74, 6) is 0. The first-order valence-electron chi connectivity index (χ1n) is 7.52. The van der Waals surface area contributed by atoms with Crippen LogP contribution in [0.3, 0.4) is 0 Å². The molecule has 1 aliphatic rings. The number of hydrogen-bond acceptors (Lipinski definition) is 3. The first-order valence-corrected chi connectivity index (χ1v) is 8.27. The zero-order valence-electron chi connectivity index (χ0n) is 13.2. The number of rotatable bonds is 3. The Hall–Kier alpha value is -2.18. The molecule has 0 amide bonds. The lowest BCUT2D eigenvalue weighted by Crippen LogP contribution is -2.42. The molecule has 3 nitrogen and oxygen atoms in total. The van der Waals surface area contributed by atoms with E-state index in [9.17, 15) is 13.2 Å². The van der Waals surface area contributed by atoms with Crippen molar-refractivity contribution in [3.05, 3.63) is 69.7 Å². The van der Waals surface area contributed by atoms with Crippen LogP contribution in [0.15, 0.2) is 53.7 Å². The van der Waals surface area contributed by atoms with Gasteiger partial charge < -0.3 is 10.6 Å². The fraction of sp³-hybridized carbons (Fsp3) is 0.167. The summed E-state index contributed by atoms with van der Waals surface area (Å²) in [5, 5.41) is 3.80. The summed E-state index contributed by atoms with van der Waals surface area (Å²) in [6, 6.07) is 10.6. The van der Waals surface area contributed by atoms with Gasteiger partial charge in [-0.2, -0.15) is 13.2 Å². The molecule has 0 spiro atoms. The molecule has 2 aromatic rings. The Balaban J connectivity index is 1.89. The van der Waals surface area contributed by atoms with Crippen LogP contribution in [0.25, 0.3) is 6.08 Å². The summed E-state index contributed by atoms with van der Waals surface area (Å²) in [4.78, 5) is 4.90. The van der Waals surface area contributed by atoms with E-state index >= 15 is 0 Å². The van der Waals surface area contributed by atoms with Crippen LogP contribution in [0.4, 0.5) is 18.9 Å². The number of oxime groups is 1. The van der Waals surface area contributed by atoms with Gasteiger partial charge in [-0.3, -0.25) is 0 Å². The van der Waals surface area contributed by atoms with Gasteiger partial charge in [-0.15, -0.1) is 0 Å². The molecule has 2 aromatic carbocycles. The second-order valence-corrected chi connectivity index (χ2v) is 6.71. The summed E-state index contributed by atoms with van der Waals surface area (Å²) in [6.07, 6.45) is -2.08. The van der Waals surface area contributed by atoms with Gasteiger partial charge in [0.05, 0.1) is 5.71 Å². The SMILES string of the molecule is Nc1ccc(/C=C\C2=NOC(c3cc(Cl)cc(Cl)c3)(C(F)(F)F)C2)cc1. The molecule has 3 rings (SSSR count). The highest BCUT2D eigenvalue weighted by atomic mass is 35.5. The van der Waals surface area contributed by atoms with E-state index in [1.807, 2.05) is 0 Å². The lowest BCUT2D eigenvalue weighted by atomic mass is 9.88. The summed E-state index contributed by atoms with van der Waals surface area (Å²) in [5.41, 5.74) is 4.31. The zero-order chi connectivity index (χ0) is 18.9. The number of hydrogen-bond donors (Lipinski definition) is 1. The Kier molecular flexibility index (Phi) is 4.90. The number of alkyl halides is 3. The predicted octanol–water partition coefficient (Wildman–Crippen LogP) is 5.82. The molecule has 0 radical (unpaired) electrons. The molecule has 136 valence electrons. The smallest absolute Gasteiger partial charge is 0.399 e. The number of nitrogens with two attached hydrogens (primary N) is 1. The molecule has 1 atom stereocenters. The average molecular weight is 401 g/mol. The summed E-state index contributed by atoms with van der Waals surface area (Å²) < 4.78 is 41.5. The van der Waals surface area contributed by atoms with Gasteiger partial charge in [-0.05, 0) is 42.0 Å². The molecule has 1 unspecified atom stereocenters. The Morgan fingerprint density at radius 3 is 2.23 bits per heavy atom. The quantitative estimate of drug-likeness (QED) is 0.659. The molecule has 2 N–H and O–H groups in total. The van der Waals surface area contributed by atoms with Gasteiger partial charge in [-0.25, -0.2) is 0 Å². The van der Waals surface area contributed by atoms with E-state index < -0.39 is 18.2 Å².